The van der Waals surface area contributed by atoms with Gasteiger partial charge in [-0.2, -0.15) is 0 Å². The van der Waals surface area contributed by atoms with Crippen molar-refractivity contribution in [2.24, 2.45) is 0 Å². The van der Waals surface area contributed by atoms with Crippen LogP contribution >= 0.6 is 0 Å². The molecule has 0 atom stereocenters. The number of aromatic nitrogens is 1. The predicted molar refractivity (Wildman–Crippen MR) is 117 cm³/mol. The highest BCUT2D eigenvalue weighted by Crippen LogP contribution is 2.26. The highest BCUT2D eigenvalue weighted by Gasteiger charge is 2.27. The zero-order chi connectivity index (χ0) is 21.3. The number of fused-ring (bicyclic) bond motifs is 1. The molecule has 0 unspecified atom stereocenters. The molecule has 0 bridgehead atoms. The molecule has 1 heterocycles. The van der Waals surface area contributed by atoms with Crippen LogP contribution in [0.15, 0.2) is 47.3 Å². The Hall–Kier alpha value is -3.15. The fraction of sp³-hybridized carbons (Fsp3) is 0.333. The zero-order valence-electron chi connectivity index (χ0n) is 17.3. The highest BCUT2D eigenvalue weighted by molar-refractivity contribution is 5.89. The average molecular weight is 407 g/mol. The number of aromatic amines is 1. The number of nitrogens with zero attached hydrogens (tertiary/aromatic N) is 1. The first kappa shape index (κ1) is 20.1. The molecule has 0 saturated heterocycles. The largest absolute Gasteiger partial charge is 0.322 e. The quantitative estimate of drug-likeness (QED) is 0.619. The van der Waals surface area contributed by atoms with Gasteiger partial charge in [-0.25, -0.2) is 9.18 Å². The van der Waals surface area contributed by atoms with Gasteiger partial charge >= 0.3 is 6.03 Å². The lowest BCUT2D eigenvalue weighted by molar-refractivity contribution is 0.184. The van der Waals surface area contributed by atoms with Crippen LogP contribution < -0.4 is 10.9 Å². The van der Waals surface area contributed by atoms with Crippen molar-refractivity contribution in [3.63, 3.8) is 0 Å². The van der Waals surface area contributed by atoms with Gasteiger partial charge in [0.15, 0.2) is 0 Å². The molecule has 6 heteroatoms. The summed E-state index contributed by atoms with van der Waals surface area (Å²) in [5.41, 5.74) is 3.99. The number of pyridine rings is 1. The van der Waals surface area contributed by atoms with Crippen LogP contribution in [-0.4, -0.2) is 22.0 Å². The summed E-state index contributed by atoms with van der Waals surface area (Å²) >= 11 is 0. The summed E-state index contributed by atoms with van der Waals surface area (Å²) < 4.78 is 13.2. The van der Waals surface area contributed by atoms with E-state index in [-0.39, 0.29) is 30.0 Å². The molecular formula is C24H26FN3O2. The molecule has 5 nitrogen and oxygen atoms in total. The number of nitrogens with one attached hydrogen (secondary N) is 2. The fourth-order valence-electron chi connectivity index (χ4n) is 4.13. The number of rotatable bonds is 4. The summed E-state index contributed by atoms with van der Waals surface area (Å²) in [6.45, 7) is 4.29. The lowest BCUT2D eigenvalue weighted by Gasteiger charge is -2.29. The number of anilines is 1. The molecule has 156 valence electrons. The SMILES string of the molecule is Cc1cc2cc(CN(C(=O)Nc3ccc(F)cc3)C3CCCC3)c(=O)[nH]c2cc1C. The number of halogens is 1. The summed E-state index contributed by atoms with van der Waals surface area (Å²) in [6.07, 6.45) is 3.97. The first-order valence-electron chi connectivity index (χ1n) is 10.4. The van der Waals surface area contributed by atoms with E-state index in [0.717, 1.165) is 47.7 Å². The summed E-state index contributed by atoms with van der Waals surface area (Å²) in [6, 6.07) is 11.4. The molecule has 30 heavy (non-hydrogen) atoms. The van der Waals surface area contributed by atoms with Crippen molar-refractivity contribution in [2.45, 2.75) is 52.1 Å². The van der Waals surface area contributed by atoms with E-state index >= 15 is 0 Å². The third kappa shape index (κ3) is 4.22. The lowest BCUT2D eigenvalue weighted by atomic mass is 10.0. The summed E-state index contributed by atoms with van der Waals surface area (Å²) in [7, 11) is 0. The van der Waals surface area contributed by atoms with Crippen LogP contribution in [0.25, 0.3) is 10.9 Å². The molecule has 0 aliphatic heterocycles. The number of benzene rings is 2. The Morgan fingerprint density at radius 1 is 1.10 bits per heavy atom. The van der Waals surface area contributed by atoms with Crippen molar-refractivity contribution in [3.05, 3.63) is 75.3 Å². The van der Waals surface area contributed by atoms with E-state index in [9.17, 15) is 14.0 Å². The van der Waals surface area contributed by atoms with Crippen molar-refractivity contribution >= 4 is 22.6 Å². The Bertz CT molecular complexity index is 1130. The predicted octanol–water partition coefficient (Wildman–Crippen LogP) is 5.26. The molecular weight excluding hydrogens is 381 g/mol. The number of urea groups is 1. The van der Waals surface area contributed by atoms with Gasteiger partial charge in [-0.3, -0.25) is 4.79 Å². The van der Waals surface area contributed by atoms with Crippen LogP contribution in [0.4, 0.5) is 14.9 Å². The number of carbonyl (C=O) groups excluding carboxylic acids is 1. The van der Waals surface area contributed by atoms with Gasteiger partial charge < -0.3 is 15.2 Å². The van der Waals surface area contributed by atoms with E-state index < -0.39 is 0 Å². The monoisotopic (exact) mass is 407 g/mol. The molecule has 2 N–H and O–H groups in total. The number of hydrogen-bond acceptors (Lipinski definition) is 2. The molecule has 3 aromatic rings. The summed E-state index contributed by atoms with van der Waals surface area (Å²) in [5, 5.41) is 3.80. The van der Waals surface area contributed by atoms with E-state index in [4.69, 9.17) is 0 Å². The molecule has 2 amide bonds. The van der Waals surface area contributed by atoms with E-state index in [2.05, 4.69) is 16.4 Å². The Kier molecular flexibility index (Phi) is 5.57. The number of H-pyrrole nitrogens is 1. The summed E-state index contributed by atoms with van der Waals surface area (Å²) in [5.74, 6) is -0.353. The van der Waals surface area contributed by atoms with Crippen molar-refractivity contribution < 1.29 is 9.18 Å². The van der Waals surface area contributed by atoms with Crippen LogP contribution in [0, 0.1) is 19.7 Å². The number of carbonyl (C=O) groups is 1. The second kappa shape index (κ2) is 8.30. The minimum atomic E-state index is -0.353. The second-order valence-electron chi connectivity index (χ2n) is 8.15. The number of amides is 2. The van der Waals surface area contributed by atoms with Crippen LogP contribution in [0.5, 0.6) is 0 Å². The van der Waals surface area contributed by atoms with Crippen molar-refractivity contribution in [1.82, 2.24) is 9.88 Å². The van der Waals surface area contributed by atoms with E-state index in [1.807, 2.05) is 26.0 Å². The first-order chi connectivity index (χ1) is 14.4. The molecule has 0 spiro atoms. The minimum Gasteiger partial charge on any atom is -0.322 e. The molecule has 0 radical (unpaired) electrons. The topological polar surface area (TPSA) is 65.2 Å². The molecule has 4 rings (SSSR count). The van der Waals surface area contributed by atoms with Gasteiger partial charge in [-0.05, 0) is 85.7 Å². The van der Waals surface area contributed by atoms with Crippen LogP contribution in [0.2, 0.25) is 0 Å². The maximum absolute atomic E-state index is 13.2. The standard InChI is InChI=1S/C24H26FN3O2/c1-15-11-17-13-18(23(29)27-22(17)12-16(15)2)14-28(21-5-3-4-6-21)24(30)26-20-9-7-19(25)8-10-20/h7-13,21H,3-6,14H2,1-2H3,(H,26,30)(H,27,29). The van der Waals surface area contributed by atoms with Gasteiger partial charge in [0.1, 0.15) is 5.82 Å². The van der Waals surface area contributed by atoms with Gasteiger partial charge in [0.25, 0.3) is 5.56 Å². The number of aryl methyl sites for hydroxylation is 2. The molecule has 1 aliphatic carbocycles. The van der Waals surface area contributed by atoms with Gasteiger partial charge in [0.05, 0.1) is 6.54 Å². The zero-order valence-corrected chi connectivity index (χ0v) is 17.3. The Morgan fingerprint density at radius 2 is 1.77 bits per heavy atom. The minimum absolute atomic E-state index is 0.0836. The van der Waals surface area contributed by atoms with Gasteiger partial charge in [-0.15, -0.1) is 0 Å². The highest BCUT2D eigenvalue weighted by atomic mass is 19.1. The third-order valence-corrected chi connectivity index (χ3v) is 6.00. The van der Waals surface area contributed by atoms with Crippen molar-refractivity contribution in [1.29, 1.82) is 0 Å². The number of hydrogen-bond donors (Lipinski definition) is 2. The summed E-state index contributed by atoms with van der Waals surface area (Å²) in [4.78, 5) is 30.5. The molecule has 1 aliphatic rings. The second-order valence-corrected chi connectivity index (χ2v) is 8.15. The van der Waals surface area contributed by atoms with E-state index in [1.165, 1.54) is 24.3 Å². The Morgan fingerprint density at radius 3 is 2.47 bits per heavy atom. The van der Waals surface area contributed by atoms with Gasteiger partial charge in [-0.1, -0.05) is 12.8 Å². The third-order valence-electron chi connectivity index (χ3n) is 6.00. The maximum Gasteiger partial charge on any atom is 0.322 e. The normalized spacial score (nSPS) is 14.2. The van der Waals surface area contributed by atoms with E-state index in [0.29, 0.717) is 11.3 Å². The van der Waals surface area contributed by atoms with Gasteiger partial charge in [0.2, 0.25) is 0 Å². The van der Waals surface area contributed by atoms with E-state index in [1.54, 1.807) is 4.90 Å². The molecule has 2 aromatic carbocycles. The van der Waals surface area contributed by atoms with Gasteiger partial charge in [0, 0.05) is 22.8 Å². The lowest BCUT2D eigenvalue weighted by Crippen LogP contribution is -2.42. The van der Waals surface area contributed by atoms with Crippen LogP contribution in [0.1, 0.15) is 42.4 Å². The maximum atomic E-state index is 13.2. The first-order valence-corrected chi connectivity index (χ1v) is 10.4. The average Bonchev–Trinajstić information content (AvgIpc) is 3.24. The molecule has 1 aromatic heterocycles. The Labute approximate surface area is 174 Å². The molecule has 1 saturated carbocycles. The van der Waals surface area contributed by atoms with Crippen molar-refractivity contribution in [3.8, 4) is 0 Å². The van der Waals surface area contributed by atoms with Crippen molar-refractivity contribution in [2.75, 3.05) is 5.32 Å². The smallest absolute Gasteiger partial charge is 0.322 e. The molecule has 1 fully saturated rings. The fourth-order valence-corrected chi connectivity index (χ4v) is 4.13. The van der Waals surface area contributed by atoms with Crippen LogP contribution in [-0.2, 0) is 6.54 Å². The van der Waals surface area contributed by atoms with Crippen LogP contribution in [0.3, 0.4) is 0 Å². The Balaban J connectivity index is 1.64.